The molecule has 0 unspecified atom stereocenters. The van der Waals surface area contributed by atoms with Crippen LogP contribution in [0.25, 0.3) is 11.1 Å². The van der Waals surface area contributed by atoms with E-state index in [2.05, 4.69) is 15.0 Å². The largest absolute Gasteiger partial charge is 0.560 e. The summed E-state index contributed by atoms with van der Waals surface area (Å²) in [6.45, 7) is 5.51. The lowest BCUT2D eigenvalue weighted by Crippen LogP contribution is -2.27. The predicted octanol–water partition coefficient (Wildman–Crippen LogP) is 4.36. The Labute approximate surface area is 148 Å². The number of carbonyl (C=O) groups is 1. The van der Waals surface area contributed by atoms with Crippen molar-refractivity contribution in [1.82, 2.24) is 0 Å². The van der Waals surface area contributed by atoms with Gasteiger partial charge in [-0.25, -0.2) is 9.79 Å². The summed E-state index contributed by atoms with van der Waals surface area (Å²) in [5.41, 5.74) is 5.64. The van der Waals surface area contributed by atoms with E-state index in [1.54, 1.807) is 0 Å². The Hall–Kier alpha value is -2.76. The van der Waals surface area contributed by atoms with Gasteiger partial charge in [0.15, 0.2) is 6.40 Å². The first kappa shape index (κ1) is 17.1. The minimum Gasteiger partial charge on any atom is -0.560 e. The molecule has 0 spiro atoms. The highest BCUT2D eigenvalue weighted by Crippen LogP contribution is 2.39. The molecule has 2 aromatic carbocycles. The van der Waals surface area contributed by atoms with Gasteiger partial charge in [-0.2, -0.15) is 0 Å². The maximum Gasteiger partial charge on any atom is 0.412 e. The standard InChI is InChI=1S/C19H19BN2O3/c1-19(2,3)25-18(23)22-15-5-7-17-13(10-15)8-12-9-14(21-11-24-20)4-6-16(12)17/h4-7,9-11H,8H2,1-3H3,(H,22,23). The number of nitrogens with zero attached hydrogens (tertiary/aromatic N) is 1. The predicted molar refractivity (Wildman–Crippen MR) is 99.5 cm³/mol. The summed E-state index contributed by atoms with van der Waals surface area (Å²) in [7, 11) is 4.96. The van der Waals surface area contributed by atoms with Crippen molar-refractivity contribution >= 4 is 31.9 Å². The number of hydrogen-bond donors (Lipinski definition) is 1. The molecule has 1 amide bonds. The SMILES string of the molecule is [B]OC=Nc1ccc2c(c1)Cc1cc(NC(=O)OC(C)(C)C)ccc1-2. The van der Waals surface area contributed by atoms with Crippen LogP contribution in [-0.2, 0) is 15.8 Å². The van der Waals surface area contributed by atoms with Crippen LogP contribution in [0.2, 0.25) is 0 Å². The molecule has 2 aromatic rings. The third kappa shape index (κ3) is 4.02. The molecule has 1 aliphatic carbocycles. The van der Waals surface area contributed by atoms with E-state index in [0.717, 1.165) is 28.9 Å². The van der Waals surface area contributed by atoms with Gasteiger partial charge in [0.25, 0.3) is 0 Å². The number of benzene rings is 2. The molecule has 0 saturated heterocycles. The molecule has 126 valence electrons. The van der Waals surface area contributed by atoms with Crippen LogP contribution < -0.4 is 5.32 Å². The molecular formula is C19H19BN2O3. The Morgan fingerprint density at radius 3 is 2.52 bits per heavy atom. The van der Waals surface area contributed by atoms with Crippen LogP contribution in [0.1, 0.15) is 31.9 Å². The minimum absolute atomic E-state index is 0.457. The number of nitrogens with one attached hydrogen (secondary N) is 1. The lowest BCUT2D eigenvalue weighted by atomic mass is 10.1. The summed E-state index contributed by atoms with van der Waals surface area (Å²) in [5, 5.41) is 2.78. The number of hydrogen-bond acceptors (Lipinski definition) is 4. The van der Waals surface area contributed by atoms with E-state index < -0.39 is 11.7 Å². The fourth-order valence-corrected chi connectivity index (χ4v) is 2.87. The number of anilines is 1. The Balaban J connectivity index is 1.79. The van der Waals surface area contributed by atoms with E-state index in [9.17, 15) is 4.79 Å². The zero-order valence-corrected chi connectivity index (χ0v) is 14.5. The van der Waals surface area contributed by atoms with Crippen LogP contribution in [0, 0.1) is 0 Å². The molecule has 0 heterocycles. The first-order chi connectivity index (χ1) is 11.9. The molecule has 0 saturated carbocycles. The Bertz CT molecular complexity index is 841. The zero-order chi connectivity index (χ0) is 18.0. The van der Waals surface area contributed by atoms with Crippen LogP contribution in [-0.4, -0.2) is 26.1 Å². The van der Waals surface area contributed by atoms with Gasteiger partial charge in [-0.1, -0.05) is 12.1 Å². The second-order valence-corrected chi connectivity index (χ2v) is 6.89. The Morgan fingerprint density at radius 2 is 1.84 bits per heavy atom. The summed E-state index contributed by atoms with van der Waals surface area (Å²) >= 11 is 0. The Morgan fingerprint density at radius 1 is 1.16 bits per heavy atom. The van der Waals surface area contributed by atoms with E-state index in [1.807, 2.05) is 57.2 Å². The number of fused-ring (bicyclic) bond motifs is 3. The van der Waals surface area contributed by atoms with Crippen molar-refractivity contribution in [3.05, 3.63) is 47.5 Å². The van der Waals surface area contributed by atoms with Crippen molar-refractivity contribution < 1.29 is 14.2 Å². The van der Waals surface area contributed by atoms with Crippen molar-refractivity contribution in [1.29, 1.82) is 0 Å². The topological polar surface area (TPSA) is 59.9 Å². The van der Waals surface area contributed by atoms with Gasteiger partial charge in [0.05, 0.1) is 5.69 Å². The van der Waals surface area contributed by atoms with Gasteiger partial charge in [-0.3, -0.25) is 5.32 Å². The zero-order valence-electron chi connectivity index (χ0n) is 14.5. The van der Waals surface area contributed by atoms with Crippen LogP contribution in [0.15, 0.2) is 41.4 Å². The van der Waals surface area contributed by atoms with Crippen molar-refractivity contribution in [3.63, 3.8) is 0 Å². The summed E-state index contributed by atoms with van der Waals surface area (Å²) in [4.78, 5) is 16.0. The molecule has 0 atom stereocenters. The summed E-state index contributed by atoms with van der Waals surface area (Å²) in [5.74, 6) is 0. The average Bonchev–Trinajstić information content (AvgIpc) is 2.87. The number of rotatable bonds is 3. The lowest BCUT2D eigenvalue weighted by Gasteiger charge is -2.19. The van der Waals surface area contributed by atoms with Crippen molar-refractivity contribution in [2.75, 3.05) is 5.32 Å². The van der Waals surface area contributed by atoms with Gasteiger partial charge >= 0.3 is 14.1 Å². The summed E-state index contributed by atoms with van der Waals surface area (Å²) in [6.07, 6.45) is 1.52. The summed E-state index contributed by atoms with van der Waals surface area (Å²) in [6, 6.07) is 11.8. The van der Waals surface area contributed by atoms with Gasteiger partial charge < -0.3 is 9.39 Å². The highest BCUT2D eigenvalue weighted by Gasteiger charge is 2.20. The van der Waals surface area contributed by atoms with Gasteiger partial charge in [0.1, 0.15) is 5.60 Å². The molecule has 5 nitrogen and oxygen atoms in total. The Kier molecular flexibility index (Phi) is 4.53. The average molecular weight is 334 g/mol. The molecule has 1 N–H and O–H groups in total. The molecule has 25 heavy (non-hydrogen) atoms. The molecule has 3 rings (SSSR count). The highest BCUT2D eigenvalue weighted by atomic mass is 16.6. The first-order valence-electron chi connectivity index (χ1n) is 8.00. The summed E-state index contributed by atoms with van der Waals surface area (Å²) < 4.78 is 9.66. The fraction of sp³-hybridized carbons (Fsp3) is 0.263. The second kappa shape index (κ2) is 6.63. The smallest absolute Gasteiger partial charge is 0.412 e. The second-order valence-electron chi connectivity index (χ2n) is 6.89. The number of aliphatic imine (C=N–C) groups is 1. The molecule has 0 aromatic heterocycles. The van der Waals surface area contributed by atoms with Crippen LogP contribution >= 0.6 is 0 Å². The van der Waals surface area contributed by atoms with E-state index in [4.69, 9.17) is 12.8 Å². The quantitative estimate of drug-likeness (QED) is 0.440. The van der Waals surface area contributed by atoms with E-state index in [0.29, 0.717) is 0 Å². The third-order valence-electron chi connectivity index (χ3n) is 3.77. The minimum atomic E-state index is -0.527. The van der Waals surface area contributed by atoms with Gasteiger partial charge in [-0.15, -0.1) is 0 Å². The van der Waals surface area contributed by atoms with E-state index in [1.165, 1.54) is 17.5 Å². The fourth-order valence-electron chi connectivity index (χ4n) is 2.87. The van der Waals surface area contributed by atoms with Gasteiger partial charge in [0.2, 0.25) is 0 Å². The number of ether oxygens (including phenoxy) is 1. The number of amides is 1. The molecule has 1 aliphatic rings. The van der Waals surface area contributed by atoms with E-state index >= 15 is 0 Å². The molecule has 2 radical (unpaired) electrons. The van der Waals surface area contributed by atoms with Gasteiger partial charge in [-0.05, 0) is 73.7 Å². The van der Waals surface area contributed by atoms with Gasteiger partial charge in [0, 0.05) is 5.69 Å². The van der Waals surface area contributed by atoms with Crippen molar-refractivity contribution in [2.24, 2.45) is 4.99 Å². The normalized spacial score (nSPS) is 12.6. The maximum atomic E-state index is 11.9. The van der Waals surface area contributed by atoms with Crippen LogP contribution in [0.4, 0.5) is 16.2 Å². The monoisotopic (exact) mass is 334 g/mol. The third-order valence-corrected chi connectivity index (χ3v) is 3.77. The van der Waals surface area contributed by atoms with Crippen molar-refractivity contribution in [2.45, 2.75) is 32.8 Å². The lowest BCUT2D eigenvalue weighted by molar-refractivity contribution is 0.0636. The van der Waals surface area contributed by atoms with Crippen molar-refractivity contribution in [3.8, 4) is 11.1 Å². The molecular weight excluding hydrogens is 315 g/mol. The highest BCUT2D eigenvalue weighted by molar-refractivity contribution is 6.02. The van der Waals surface area contributed by atoms with Crippen LogP contribution in [0.5, 0.6) is 0 Å². The first-order valence-corrected chi connectivity index (χ1v) is 8.00. The molecule has 6 heteroatoms. The van der Waals surface area contributed by atoms with E-state index in [-0.39, 0.29) is 0 Å². The molecule has 0 fully saturated rings. The molecule has 0 bridgehead atoms. The maximum absolute atomic E-state index is 11.9. The number of carbonyl (C=O) groups excluding carboxylic acids is 1. The molecule has 0 aliphatic heterocycles. The van der Waals surface area contributed by atoms with Crippen LogP contribution in [0.3, 0.4) is 0 Å².